The predicted octanol–water partition coefficient (Wildman–Crippen LogP) is 2.55. The van der Waals surface area contributed by atoms with E-state index in [1.54, 1.807) is 18.2 Å². The number of terminal acetylenes is 1. The van der Waals surface area contributed by atoms with Crippen molar-refractivity contribution in [2.75, 3.05) is 13.1 Å². The van der Waals surface area contributed by atoms with Crippen LogP contribution in [0.5, 0.6) is 0 Å². The van der Waals surface area contributed by atoms with E-state index in [0.717, 1.165) is 4.90 Å². The average molecular weight is 312 g/mol. The first-order valence-corrected chi connectivity index (χ1v) is 6.27. The van der Waals surface area contributed by atoms with Gasteiger partial charge in [0.1, 0.15) is 6.54 Å². The highest BCUT2D eigenvalue weighted by atomic mass is 35.5. The van der Waals surface area contributed by atoms with Crippen LogP contribution in [0.3, 0.4) is 0 Å². The van der Waals surface area contributed by atoms with E-state index < -0.39 is 18.4 Å². The van der Waals surface area contributed by atoms with E-state index in [2.05, 4.69) is 5.92 Å². The molecule has 0 saturated carbocycles. The van der Waals surface area contributed by atoms with E-state index in [1.807, 2.05) is 0 Å². The molecule has 0 radical (unpaired) electrons. The van der Waals surface area contributed by atoms with Gasteiger partial charge in [0.2, 0.25) is 5.91 Å². The van der Waals surface area contributed by atoms with Crippen LogP contribution in [0.1, 0.15) is 5.56 Å². The number of carboxylic acid groups (broad SMARTS) is 1. The van der Waals surface area contributed by atoms with E-state index >= 15 is 0 Å². The average Bonchev–Trinajstić information content (AvgIpc) is 2.39. The maximum atomic E-state index is 11.8. The molecule has 20 heavy (non-hydrogen) atoms. The number of hydrogen-bond donors (Lipinski definition) is 1. The van der Waals surface area contributed by atoms with Gasteiger partial charge in [0.15, 0.2) is 0 Å². The Morgan fingerprint density at radius 1 is 1.40 bits per heavy atom. The molecule has 1 aromatic carbocycles. The molecule has 4 nitrogen and oxygen atoms in total. The molecule has 6 heteroatoms. The number of carboxylic acids is 1. The fraction of sp³-hybridized carbons (Fsp3) is 0.143. The van der Waals surface area contributed by atoms with Gasteiger partial charge in [0, 0.05) is 6.08 Å². The number of aliphatic carboxylic acids is 1. The number of carbonyl (C=O) groups is 2. The third-order valence-corrected chi connectivity index (χ3v) is 3.14. The smallest absolute Gasteiger partial charge is 0.323 e. The summed E-state index contributed by atoms with van der Waals surface area (Å²) in [5, 5.41) is 9.39. The number of hydrogen-bond acceptors (Lipinski definition) is 2. The standard InChI is InChI=1S/C14H11Cl2NO3/c1-2-8-17(9-13(19)20)12(18)7-6-10-4-3-5-11(15)14(10)16/h1,3-7H,8-9H2,(H,19,20). The van der Waals surface area contributed by atoms with Gasteiger partial charge in [-0.15, -0.1) is 6.42 Å². The molecule has 0 aliphatic heterocycles. The zero-order valence-corrected chi connectivity index (χ0v) is 11.9. The third-order valence-electron chi connectivity index (χ3n) is 2.31. The summed E-state index contributed by atoms with van der Waals surface area (Å²) in [5.41, 5.74) is 0.559. The second kappa shape index (κ2) is 7.59. The van der Waals surface area contributed by atoms with E-state index in [4.69, 9.17) is 34.7 Å². The van der Waals surface area contributed by atoms with Gasteiger partial charge < -0.3 is 10.0 Å². The minimum Gasteiger partial charge on any atom is -0.480 e. The third kappa shape index (κ3) is 4.61. The first-order chi connectivity index (χ1) is 9.45. The quantitative estimate of drug-likeness (QED) is 0.671. The molecule has 0 fully saturated rings. The summed E-state index contributed by atoms with van der Waals surface area (Å²) < 4.78 is 0. The number of carbonyl (C=O) groups excluding carboxylic acids is 1. The molecular formula is C14H11Cl2NO3. The van der Waals surface area contributed by atoms with Crippen molar-refractivity contribution in [1.29, 1.82) is 0 Å². The number of halogens is 2. The van der Waals surface area contributed by atoms with Crippen molar-refractivity contribution in [2.45, 2.75) is 0 Å². The van der Waals surface area contributed by atoms with Crippen LogP contribution >= 0.6 is 23.2 Å². The highest BCUT2D eigenvalue weighted by Gasteiger charge is 2.13. The first kappa shape index (κ1) is 16.1. The van der Waals surface area contributed by atoms with Gasteiger partial charge in [-0.1, -0.05) is 41.3 Å². The molecule has 104 valence electrons. The van der Waals surface area contributed by atoms with Crippen molar-refractivity contribution in [3.05, 3.63) is 39.9 Å². The summed E-state index contributed by atoms with van der Waals surface area (Å²) in [7, 11) is 0. The molecule has 1 rings (SSSR count). The molecule has 0 aromatic heterocycles. The van der Waals surface area contributed by atoms with Crippen molar-refractivity contribution in [2.24, 2.45) is 0 Å². The fourth-order valence-corrected chi connectivity index (χ4v) is 1.77. The van der Waals surface area contributed by atoms with Crippen molar-refractivity contribution in [3.63, 3.8) is 0 Å². The molecule has 0 aliphatic carbocycles. The van der Waals surface area contributed by atoms with Crippen molar-refractivity contribution in [3.8, 4) is 12.3 Å². The van der Waals surface area contributed by atoms with Gasteiger partial charge >= 0.3 is 5.97 Å². The van der Waals surface area contributed by atoms with E-state index in [9.17, 15) is 9.59 Å². The van der Waals surface area contributed by atoms with Crippen LogP contribution in [-0.2, 0) is 9.59 Å². The van der Waals surface area contributed by atoms with Crippen molar-refractivity contribution in [1.82, 2.24) is 4.90 Å². The van der Waals surface area contributed by atoms with Crippen LogP contribution in [0.4, 0.5) is 0 Å². The minimum absolute atomic E-state index is 0.0846. The Balaban J connectivity index is 2.87. The van der Waals surface area contributed by atoms with Gasteiger partial charge in [-0.05, 0) is 17.7 Å². The molecule has 0 spiro atoms. The van der Waals surface area contributed by atoms with Gasteiger partial charge in [0.25, 0.3) is 0 Å². The molecule has 0 atom stereocenters. The summed E-state index contributed by atoms with van der Waals surface area (Å²) in [6.07, 6.45) is 7.76. The number of benzene rings is 1. The lowest BCUT2D eigenvalue weighted by molar-refractivity contribution is -0.142. The predicted molar refractivity (Wildman–Crippen MR) is 78.5 cm³/mol. The number of amides is 1. The Hall–Kier alpha value is -1.96. The summed E-state index contributed by atoms with van der Waals surface area (Å²) in [6.45, 7) is -0.546. The Morgan fingerprint density at radius 3 is 2.70 bits per heavy atom. The van der Waals surface area contributed by atoms with Crippen LogP contribution in [0.25, 0.3) is 6.08 Å². The monoisotopic (exact) mass is 311 g/mol. The van der Waals surface area contributed by atoms with Crippen molar-refractivity contribution >= 4 is 41.2 Å². The SMILES string of the molecule is C#CCN(CC(=O)O)C(=O)C=Cc1cccc(Cl)c1Cl. The van der Waals surface area contributed by atoms with Crippen LogP contribution < -0.4 is 0 Å². The fourth-order valence-electron chi connectivity index (χ4n) is 1.40. The molecule has 0 unspecified atom stereocenters. The van der Waals surface area contributed by atoms with Gasteiger partial charge in [-0.25, -0.2) is 0 Å². The number of nitrogens with zero attached hydrogens (tertiary/aromatic N) is 1. The van der Waals surface area contributed by atoms with Crippen LogP contribution in [0.2, 0.25) is 10.0 Å². The summed E-state index contributed by atoms with van der Waals surface area (Å²) >= 11 is 11.8. The second-order valence-electron chi connectivity index (χ2n) is 3.77. The Kier molecular flexibility index (Phi) is 6.10. The lowest BCUT2D eigenvalue weighted by Gasteiger charge is -2.15. The van der Waals surface area contributed by atoms with E-state index in [1.165, 1.54) is 12.2 Å². The number of rotatable bonds is 5. The van der Waals surface area contributed by atoms with E-state index in [-0.39, 0.29) is 6.54 Å². The zero-order valence-electron chi connectivity index (χ0n) is 10.3. The highest BCUT2D eigenvalue weighted by molar-refractivity contribution is 6.42. The molecule has 0 aliphatic rings. The molecule has 0 saturated heterocycles. The molecule has 1 N–H and O–H groups in total. The zero-order chi connectivity index (χ0) is 15.1. The Bertz CT molecular complexity index is 591. The lowest BCUT2D eigenvalue weighted by Crippen LogP contribution is -2.34. The molecular weight excluding hydrogens is 301 g/mol. The maximum absolute atomic E-state index is 11.8. The van der Waals surface area contributed by atoms with Gasteiger partial charge in [-0.3, -0.25) is 9.59 Å². The molecule has 1 amide bonds. The maximum Gasteiger partial charge on any atom is 0.323 e. The lowest BCUT2D eigenvalue weighted by atomic mass is 10.2. The highest BCUT2D eigenvalue weighted by Crippen LogP contribution is 2.26. The Labute approximate surface area is 126 Å². The summed E-state index contributed by atoms with van der Waals surface area (Å²) in [5.74, 6) is 0.585. The molecule has 0 bridgehead atoms. The Morgan fingerprint density at radius 2 is 2.10 bits per heavy atom. The van der Waals surface area contributed by atoms with Crippen LogP contribution in [0, 0.1) is 12.3 Å². The minimum atomic E-state index is -1.14. The van der Waals surface area contributed by atoms with Gasteiger partial charge in [0.05, 0.1) is 16.6 Å². The largest absolute Gasteiger partial charge is 0.480 e. The summed E-state index contributed by atoms with van der Waals surface area (Å²) in [4.78, 5) is 23.5. The normalized spacial score (nSPS) is 10.2. The first-order valence-electron chi connectivity index (χ1n) is 5.52. The molecule has 1 aromatic rings. The topological polar surface area (TPSA) is 57.6 Å². The van der Waals surface area contributed by atoms with Crippen LogP contribution in [0.15, 0.2) is 24.3 Å². The van der Waals surface area contributed by atoms with Crippen molar-refractivity contribution < 1.29 is 14.7 Å². The summed E-state index contributed by atoms with van der Waals surface area (Å²) in [6, 6.07) is 4.99. The molecule has 0 heterocycles. The van der Waals surface area contributed by atoms with E-state index in [0.29, 0.717) is 15.6 Å². The van der Waals surface area contributed by atoms with Crippen LogP contribution in [-0.4, -0.2) is 35.0 Å². The second-order valence-corrected chi connectivity index (χ2v) is 4.55. The van der Waals surface area contributed by atoms with Gasteiger partial charge in [-0.2, -0.15) is 0 Å².